The number of rotatable bonds is 18. The van der Waals surface area contributed by atoms with Gasteiger partial charge in [-0.3, -0.25) is 0 Å². The molecule has 0 heterocycles. The zero-order chi connectivity index (χ0) is 67.8. The van der Waals surface area contributed by atoms with Crippen LogP contribution < -0.4 is 0 Å². The number of hydrogen-bond donors (Lipinski definition) is 0. The summed E-state index contributed by atoms with van der Waals surface area (Å²) < 4.78 is 0. The van der Waals surface area contributed by atoms with Gasteiger partial charge in [0.1, 0.15) is 0 Å². The molecule has 8 atom stereocenters. The third-order valence-electron chi connectivity index (χ3n) is 10.5. The predicted octanol–water partition coefficient (Wildman–Crippen LogP) is 7.18. The fourth-order valence-electron chi connectivity index (χ4n) is 7.22. The average molecular weight is 1160 g/mol. The summed E-state index contributed by atoms with van der Waals surface area (Å²) in [6, 6.07) is 0. The minimum Gasteiger partial charge on any atom is -0.106 e. The van der Waals surface area contributed by atoms with E-state index in [2.05, 4.69) is 386 Å². The maximum absolute atomic E-state index is 5.38. The summed E-state index contributed by atoms with van der Waals surface area (Å²) in [5, 5.41) is 0. The lowest BCUT2D eigenvalue weighted by Gasteiger charge is -2.24. The van der Waals surface area contributed by atoms with Crippen molar-refractivity contribution in [1.82, 2.24) is 0 Å². The molecule has 0 aromatic rings. The second kappa shape index (κ2) is 60.5. The molecule has 0 saturated carbocycles. The molecule has 0 nitrogen and oxygen atoms in total. The average Bonchev–Trinajstić information content (AvgIpc) is 2.55. The molecule has 0 aliphatic rings. The summed E-state index contributed by atoms with van der Waals surface area (Å²) in [5.41, 5.74) is 0.515. The van der Waals surface area contributed by atoms with Crippen LogP contribution in [0.15, 0.2) is 12.2 Å². The molecule has 0 rings (SSSR count). The molecule has 8 unspecified atom stereocenters. The summed E-state index contributed by atoms with van der Waals surface area (Å²) in [5.74, 6) is 167. The van der Waals surface area contributed by atoms with E-state index >= 15 is 0 Å². The first-order valence-electron chi connectivity index (χ1n) is 27.1. The molecule has 0 bridgehead atoms. The Labute approximate surface area is 558 Å². The van der Waals surface area contributed by atoms with E-state index in [0.29, 0.717) is 50.5 Å². The van der Waals surface area contributed by atoms with Crippen molar-refractivity contribution in [2.75, 3.05) is 0 Å². The van der Waals surface area contributed by atoms with Gasteiger partial charge in [-0.05, 0) is 383 Å². The zero-order valence-electron chi connectivity index (χ0n) is 50.6. The fraction of sp³-hybridized carbons (Fsp3) is 0.204. The normalized spacial score (nSPS) is 8.99. The van der Waals surface area contributed by atoms with E-state index in [-0.39, 0.29) is 18.3 Å². The van der Waals surface area contributed by atoms with Crippen LogP contribution in [0.2, 0.25) is 0 Å². The summed E-state index contributed by atoms with van der Waals surface area (Å²) in [4.78, 5) is 0. The SMILES string of the molecule is C#CC#CC#CC#CC(=C)CC(C#CC#CC#CC#C)CC(C#CC#CC#CC#C)CC(C#CC#CC#CC#C)CC(C#CC#CC#CC#C)CC(C#CC#CC#CC#C)CC(C#CC#CC#CC#C)CC(C#CC#CC#CC#C)CC(C#CC#CC#CC#C)CCC. The second-order valence-electron chi connectivity index (χ2n) is 17.0. The van der Waals surface area contributed by atoms with Gasteiger partial charge in [0.2, 0.25) is 0 Å². The first-order valence-corrected chi connectivity index (χ1v) is 27.1. The van der Waals surface area contributed by atoms with E-state index < -0.39 is 35.5 Å². The van der Waals surface area contributed by atoms with Crippen molar-refractivity contribution in [2.24, 2.45) is 47.3 Å². The Morgan fingerprint density at radius 2 is 0.376 bits per heavy atom. The van der Waals surface area contributed by atoms with Crippen LogP contribution >= 0.6 is 0 Å². The van der Waals surface area contributed by atoms with Crippen molar-refractivity contribution in [1.29, 1.82) is 0 Å². The van der Waals surface area contributed by atoms with Gasteiger partial charge >= 0.3 is 0 Å². The quantitative estimate of drug-likeness (QED) is 0.128. The van der Waals surface area contributed by atoms with Crippen molar-refractivity contribution in [3.8, 4) is 431 Å². The third kappa shape index (κ3) is 50.2. The van der Waals surface area contributed by atoms with Gasteiger partial charge in [0.05, 0.1) is 0 Å². The molecular weight excluding hydrogens is 1120 g/mol. The first-order chi connectivity index (χ1) is 45.8. The topological polar surface area (TPSA) is 0 Å². The summed E-state index contributed by atoms with van der Waals surface area (Å²) in [7, 11) is 0. The van der Waals surface area contributed by atoms with E-state index in [1.165, 1.54) is 0 Å². The Morgan fingerprint density at radius 1 is 0.215 bits per heavy atom. The van der Waals surface area contributed by atoms with Gasteiger partial charge in [-0.15, -0.1) is 57.8 Å². The molecule has 0 radical (unpaired) electrons. The van der Waals surface area contributed by atoms with E-state index in [4.69, 9.17) is 57.8 Å². The molecule has 0 aromatic heterocycles. The summed E-state index contributed by atoms with van der Waals surface area (Å²) in [6.45, 7) is 6.24. The third-order valence-corrected chi connectivity index (χ3v) is 10.5. The fourth-order valence-corrected chi connectivity index (χ4v) is 7.22. The van der Waals surface area contributed by atoms with Crippen LogP contribution in [0.5, 0.6) is 0 Å². The molecule has 0 N–H and O–H groups in total. The highest BCUT2D eigenvalue weighted by Crippen LogP contribution is 2.32. The molecule has 93 heavy (non-hydrogen) atoms. The standard InChI is InChI=1S/C93H42/c1-12-22-31-40-49-58-68-85(11)77-87(70-60-51-42-33-24-14-3)79-89(72-62-53-44-35-26-16-5)81-91(74-64-55-46-37-28-18-7)83-93(76-66-57-48-39-30-20-9)84-92(75-65-56-47-38-29-19-8)82-90(73-63-54-45-36-27-17-6)80-88(71-61-52-43-34-25-15-4)78-86(67-21-10)69-59-50-41-32-23-13-2/h1-9,86-93H,11,21,67,77-84H2,10H3. The molecule has 0 fully saturated rings. The van der Waals surface area contributed by atoms with Crippen LogP contribution in [0.1, 0.15) is 71.1 Å². The van der Waals surface area contributed by atoms with E-state index in [1.807, 2.05) is 0 Å². The smallest absolute Gasteiger partial charge is 0.0271 e. The highest BCUT2D eigenvalue weighted by molar-refractivity contribution is 5.47. The molecule has 0 aliphatic heterocycles. The molecule has 0 saturated heterocycles. The molecule has 414 valence electrons. The number of hydrogen-bond acceptors (Lipinski definition) is 0. The second-order valence-corrected chi connectivity index (χ2v) is 17.0. The largest absolute Gasteiger partial charge is 0.106 e. The lowest BCUT2D eigenvalue weighted by atomic mass is 9.78. The number of terminal acetylenes is 9. The lowest BCUT2D eigenvalue weighted by molar-refractivity contribution is 0.342. The minimum absolute atomic E-state index is 0.144. The van der Waals surface area contributed by atoms with Crippen LogP contribution in [-0.4, -0.2) is 0 Å². The Hall–Kier alpha value is -16.1. The van der Waals surface area contributed by atoms with Gasteiger partial charge in [-0.2, -0.15) is 0 Å². The van der Waals surface area contributed by atoms with Gasteiger partial charge in [-0.25, -0.2) is 0 Å². The minimum atomic E-state index is -0.510. The van der Waals surface area contributed by atoms with Crippen molar-refractivity contribution >= 4 is 0 Å². The zero-order valence-corrected chi connectivity index (χ0v) is 50.6. The van der Waals surface area contributed by atoms with Crippen molar-refractivity contribution < 1.29 is 0 Å². The Kier molecular flexibility index (Phi) is 50.0. The molecular formula is C93H42. The number of allylic oxidation sites excluding steroid dienone is 1. The van der Waals surface area contributed by atoms with Crippen molar-refractivity contribution in [3.63, 3.8) is 0 Å². The maximum atomic E-state index is 5.38. The van der Waals surface area contributed by atoms with Gasteiger partial charge in [0, 0.05) is 47.3 Å². The monoisotopic (exact) mass is 1160 g/mol. The van der Waals surface area contributed by atoms with E-state index in [1.54, 1.807) is 0 Å². The molecule has 0 amide bonds. The van der Waals surface area contributed by atoms with Crippen molar-refractivity contribution in [2.45, 2.75) is 71.1 Å². The Morgan fingerprint density at radius 3 is 0.591 bits per heavy atom. The molecule has 0 aromatic carbocycles. The highest BCUT2D eigenvalue weighted by Gasteiger charge is 2.26. The van der Waals surface area contributed by atoms with E-state index in [9.17, 15) is 0 Å². The van der Waals surface area contributed by atoms with Crippen LogP contribution in [0, 0.1) is 478 Å². The summed E-state index contributed by atoms with van der Waals surface area (Å²) in [6.07, 6.45) is 52.3. The van der Waals surface area contributed by atoms with Crippen LogP contribution in [0.3, 0.4) is 0 Å². The summed E-state index contributed by atoms with van der Waals surface area (Å²) >= 11 is 0. The lowest BCUT2D eigenvalue weighted by Crippen LogP contribution is -2.18. The van der Waals surface area contributed by atoms with Crippen LogP contribution in [-0.2, 0) is 0 Å². The van der Waals surface area contributed by atoms with Crippen LogP contribution in [0.25, 0.3) is 0 Å². The molecule has 0 spiro atoms. The van der Waals surface area contributed by atoms with Gasteiger partial charge in [0.15, 0.2) is 0 Å². The van der Waals surface area contributed by atoms with Gasteiger partial charge in [-0.1, -0.05) is 73.2 Å². The molecule has 0 aliphatic carbocycles. The van der Waals surface area contributed by atoms with Gasteiger partial charge in [0.25, 0.3) is 0 Å². The first kappa shape index (κ1) is 76.9. The Bertz CT molecular complexity index is 5180. The van der Waals surface area contributed by atoms with Crippen molar-refractivity contribution in [3.05, 3.63) is 12.2 Å². The van der Waals surface area contributed by atoms with Gasteiger partial charge < -0.3 is 0 Å². The van der Waals surface area contributed by atoms with Crippen LogP contribution in [0.4, 0.5) is 0 Å². The maximum Gasteiger partial charge on any atom is 0.0271 e. The predicted molar refractivity (Wildman–Crippen MR) is 378 cm³/mol. The van der Waals surface area contributed by atoms with E-state index in [0.717, 1.165) is 12.8 Å². The Balaban J connectivity index is 8.97. The highest BCUT2D eigenvalue weighted by atomic mass is 14.3. The molecule has 0 heteroatoms.